The lowest BCUT2D eigenvalue weighted by molar-refractivity contribution is 1.33. The van der Waals surface area contributed by atoms with Gasteiger partial charge in [0.05, 0.1) is 10.5 Å². The largest absolute Gasteiger partial charge is 0.338 e. The molecule has 0 spiro atoms. The second-order valence-corrected chi connectivity index (χ2v) is 5.38. The minimum Gasteiger partial charge on any atom is -0.338 e. The Kier molecular flexibility index (Phi) is 2.80. The van der Waals surface area contributed by atoms with Gasteiger partial charge in [0.25, 0.3) is 0 Å². The Bertz CT molecular complexity index is 691. The number of nitrogens with one attached hydrogen (secondary N) is 1. The van der Waals surface area contributed by atoms with Crippen molar-refractivity contribution >= 4 is 45.2 Å². The van der Waals surface area contributed by atoms with Gasteiger partial charge in [-0.05, 0) is 46.9 Å². The average Bonchev–Trinajstić information content (AvgIpc) is 2.74. The number of aromatic nitrogens is 2. The van der Waals surface area contributed by atoms with Crippen LogP contribution in [0.25, 0.3) is 22.4 Å². The SMILES string of the molecule is Clc1cccc2[nH]c(-c3cccc(I)c3)nc12. The Hall–Kier alpha value is -1.07. The van der Waals surface area contributed by atoms with Crippen LogP contribution in [-0.4, -0.2) is 9.97 Å². The fraction of sp³-hybridized carbons (Fsp3) is 0. The molecule has 1 aromatic heterocycles. The Morgan fingerprint density at radius 1 is 1.12 bits per heavy atom. The van der Waals surface area contributed by atoms with Crippen LogP contribution in [0.2, 0.25) is 5.02 Å². The Labute approximate surface area is 117 Å². The minimum absolute atomic E-state index is 0.677. The number of hydrogen-bond acceptors (Lipinski definition) is 1. The molecule has 84 valence electrons. The lowest BCUT2D eigenvalue weighted by Gasteiger charge is -1.96. The smallest absolute Gasteiger partial charge is 0.138 e. The molecule has 0 saturated carbocycles. The molecule has 0 radical (unpaired) electrons. The predicted molar refractivity (Wildman–Crippen MR) is 79.3 cm³/mol. The first-order valence-corrected chi connectivity index (χ1v) is 6.60. The molecule has 0 aliphatic heterocycles. The van der Waals surface area contributed by atoms with Gasteiger partial charge in [-0.25, -0.2) is 4.98 Å². The molecule has 3 rings (SSSR count). The summed E-state index contributed by atoms with van der Waals surface area (Å²) in [6.45, 7) is 0. The van der Waals surface area contributed by atoms with Gasteiger partial charge >= 0.3 is 0 Å². The second-order valence-electron chi connectivity index (χ2n) is 3.73. The number of halogens is 2. The molecule has 0 unspecified atom stereocenters. The van der Waals surface area contributed by atoms with Gasteiger partial charge in [-0.2, -0.15) is 0 Å². The van der Waals surface area contributed by atoms with E-state index in [0.29, 0.717) is 5.02 Å². The lowest BCUT2D eigenvalue weighted by atomic mass is 10.2. The maximum Gasteiger partial charge on any atom is 0.138 e. The number of imidazole rings is 1. The number of benzene rings is 2. The minimum atomic E-state index is 0.677. The third-order valence-corrected chi connectivity index (χ3v) is 3.54. The summed E-state index contributed by atoms with van der Waals surface area (Å²) in [5.74, 6) is 0.853. The molecule has 0 aliphatic rings. The van der Waals surface area contributed by atoms with E-state index in [1.165, 1.54) is 3.57 Å². The topological polar surface area (TPSA) is 28.7 Å². The average molecular weight is 355 g/mol. The fourth-order valence-electron chi connectivity index (χ4n) is 1.77. The van der Waals surface area contributed by atoms with Gasteiger partial charge in [0.1, 0.15) is 11.3 Å². The number of fused-ring (bicyclic) bond motifs is 1. The fourth-order valence-corrected chi connectivity index (χ4v) is 2.53. The third kappa shape index (κ3) is 2.05. The van der Waals surface area contributed by atoms with E-state index >= 15 is 0 Å². The normalized spacial score (nSPS) is 10.9. The summed E-state index contributed by atoms with van der Waals surface area (Å²) < 4.78 is 1.19. The summed E-state index contributed by atoms with van der Waals surface area (Å²) in [7, 11) is 0. The molecule has 0 saturated heterocycles. The molecular formula is C13H8ClIN2. The number of rotatable bonds is 1. The molecule has 0 fully saturated rings. The van der Waals surface area contributed by atoms with E-state index in [1.54, 1.807) is 0 Å². The molecule has 2 aromatic carbocycles. The molecule has 1 N–H and O–H groups in total. The molecule has 0 amide bonds. The van der Waals surface area contributed by atoms with Crippen LogP contribution < -0.4 is 0 Å². The zero-order valence-electron chi connectivity index (χ0n) is 8.74. The summed E-state index contributed by atoms with van der Waals surface area (Å²) in [5, 5.41) is 0.677. The highest BCUT2D eigenvalue weighted by atomic mass is 127. The van der Waals surface area contributed by atoms with Gasteiger partial charge < -0.3 is 4.98 Å². The van der Waals surface area contributed by atoms with Crippen LogP contribution in [0.5, 0.6) is 0 Å². The number of H-pyrrole nitrogens is 1. The highest BCUT2D eigenvalue weighted by molar-refractivity contribution is 14.1. The summed E-state index contributed by atoms with van der Waals surface area (Å²) in [6.07, 6.45) is 0. The molecular weight excluding hydrogens is 347 g/mol. The summed E-state index contributed by atoms with van der Waals surface area (Å²) in [6, 6.07) is 13.9. The van der Waals surface area contributed by atoms with Gasteiger partial charge in [0.2, 0.25) is 0 Å². The molecule has 0 atom stereocenters. The first-order chi connectivity index (χ1) is 8.24. The van der Waals surface area contributed by atoms with Crippen molar-refractivity contribution in [1.29, 1.82) is 0 Å². The van der Waals surface area contributed by atoms with Crippen LogP contribution >= 0.6 is 34.2 Å². The van der Waals surface area contributed by atoms with Crippen molar-refractivity contribution in [2.75, 3.05) is 0 Å². The van der Waals surface area contributed by atoms with E-state index in [4.69, 9.17) is 11.6 Å². The monoisotopic (exact) mass is 354 g/mol. The Morgan fingerprint density at radius 2 is 1.94 bits per heavy atom. The van der Waals surface area contributed by atoms with E-state index in [0.717, 1.165) is 22.4 Å². The van der Waals surface area contributed by atoms with E-state index < -0.39 is 0 Å². The van der Waals surface area contributed by atoms with Crippen molar-refractivity contribution in [2.24, 2.45) is 0 Å². The summed E-state index contributed by atoms with van der Waals surface area (Å²) >= 11 is 8.39. The molecule has 17 heavy (non-hydrogen) atoms. The first-order valence-electron chi connectivity index (χ1n) is 5.14. The number of para-hydroxylation sites is 1. The van der Waals surface area contributed by atoms with E-state index in [2.05, 4.69) is 44.7 Å². The molecule has 3 aromatic rings. The van der Waals surface area contributed by atoms with Crippen molar-refractivity contribution in [3.63, 3.8) is 0 Å². The van der Waals surface area contributed by atoms with E-state index in [-0.39, 0.29) is 0 Å². The highest BCUT2D eigenvalue weighted by Crippen LogP contribution is 2.26. The van der Waals surface area contributed by atoms with Crippen LogP contribution in [0.15, 0.2) is 42.5 Å². The van der Waals surface area contributed by atoms with Gasteiger partial charge in [-0.1, -0.05) is 29.8 Å². The van der Waals surface area contributed by atoms with Crippen molar-refractivity contribution in [3.05, 3.63) is 51.1 Å². The second kappa shape index (κ2) is 4.31. The predicted octanol–water partition coefficient (Wildman–Crippen LogP) is 4.49. The number of hydrogen-bond donors (Lipinski definition) is 1. The number of nitrogens with zero attached hydrogens (tertiary/aromatic N) is 1. The first kappa shape index (κ1) is 11.0. The lowest BCUT2D eigenvalue weighted by Crippen LogP contribution is -1.80. The van der Waals surface area contributed by atoms with Crippen molar-refractivity contribution in [2.45, 2.75) is 0 Å². The standard InChI is InChI=1S/C13H8ClIN2/c14-10-5-2-6-11-12(10)17-13(16-11)8-3-1-4-9(15)7-8/h1-7H,(H,16,17). The third-order valence-electron chi connectivity index (χ3n) is 2.56. The van der Waals surface area contributed by atoms with Gasteiger partial charge in [-0.3, -0.25) is 0 Å². The zero-order chi connectivity index (χ0) is 11.8. The highest BCUT2D eigenvalue weighted by Gasteiger charge is 2.07. The van der Waals surface area contributed by atoms with Crippen molar-refractivity contribution < 1.29 is 0 Å². The number of aromatic amines is 1. The molecule has 0 bridgehead atoms. The quantitative estimate of drug-likeness (QED) is 0.641. The van der Waals surface area contributed by atoms with Crippen LogP contribution in [0.3, 0.4) is 0 Å². The van der Waals surface area contributed by atoms with Crippen LogP contribution in [0.1, 0.15) is 0 Å². The Morgan fingerprint density at radius 3 is 2.71 bits per heavy atom. The van der Waals surface area contributed by atoms with Crippen molar-refractivity contribution in [3.8, 4) is 11.4 Å². The molecule has 4 heteroatoms. The Balaban J connectivity index is 2.22. The van der Waals surface area contributed by atoms with Crippen LogP contribution in [0.4, 0.5) is 0 Å². The molecule has 2 nitrogen and oxygen atoms in total. The zero-order valence-corrected chi connectivity index (χ0v) is 11.7. The van der Waals surface area contributed by atoms with Gasteiger partial charge in [0.15, 0.2) is 0 Å². The van der Waals surface area contributed by atoms with E-state index in [9.17, 15) is 0 Å². The maximum absolute atomic E-state index is 6.11. The molecule has 1 heterocycles. The summed E-state index contributed by atoms with van der Waals surface area (Å²) in [5.41, 5.74) is 2.86. The van der Waals surface area contributed by atoms with Gasteiger partial charge in [-0.15, -0.1) is 0 Å². The van der Waals surface area contributed by atoms with E-state index in [1.807, 2.05) is 30.3 Å². The van der Waals surface area contributed by atoms with Gasteiger partial charge in [0, 0.05) is 9.13 Å². The van der Waals surface area contributed by atoms with Crippen LogP contribution in [0, 0.1) is 3.57 Å². The maximum atomic E-state index is 6.11. The van der Waals surface area contributed by atoms with Crippen molar-refractivity contribution in [1.82, 2.24) is 9.97 Å². The van der Waals surface area contributed by atoms with Crippen LogP contribution in [-0.2, 0) is 0 Å². The molecule has 0 aliphatic carbocycles. The summed E-state index contributed by atoms with van der Waals surface area (Å²) in [4.78, 5) is 7.81.